The van der Waals surface area contributed by atoms with E-state index >= 15 is 0 Å². The second-order valence-electron chi connectivity index (χ2n) is 4.35. The fraction of sp³-hybridized carbons (Fsp3) is 0.500. The highest BCUT2D eigenvalue weighted by molar-refractivity contribution is 9.10. The molecule has 0 saturated carbocycles. The Kier molecular flexibility index (Phi) is 6.25. The molecule has 0 radical (unpaired) electrons. The SMILES string of the molecule is CNCCCN(C)S(=O)(=O)Nc1ccc(C)c(Br)c1. The molecule has 0 aliphatic heterocycles. The van der Waals surface area contributed by atoms with E-state index in [2.05, 4.69) is 26.0 Å². The summed E-state index contributed by atoms with van der Waals surface area (Å²) in [6, 6.07) is 5.37. The zero-order valence-electron chi connectivity index (χ0n) is 11.4. The number of anilines is 1. The number of aryl methyl sites for hydroxylation is 1. The summed E-state index contributed by atoms with van der Waals surface area (Å²) in [6.07, 6.45) is 0.769. The second-order valence-corrected chi connectivity index (χ2v) is 6.98. The van der Waals surface area contributed by atoms with E-state index < -0.39 is 10.2 Å². The van der Waals surface area contributed by atoms with E-state index in [1.165, 1.54) is 4.31 Å². The average molecular weight is 350 g/mol. The molecule has 2 N–H and O–H groups in total. The molecular weight excluding hydrogens is 330 g/mol. The topological polar surface area (TPSA) is 61.4 Å². The third-order valence-electron chi connectivity index (χ3n) is 2.73. The maximum absolute atomic E-state index is 12.1. The lowest BCUT2D eigenvalue weighted by molar-refractivity contribution is 0.462. The van der Waals surface area contributed by atoms with Gasteiger partial charge in [-0.3, -0.25) is 4.72 Å². The minimum atomic E-state index is -3.49. The van der Waals surface area contributed by atoms with Crippen molar-refractivity contribution >= 4 is 31.8 Å². The number of nitrogens with one attached hydrogen (secondary N) is 2. The van der Waals surface area contributed by atoms with Gasteiger partial charge in [-0.1, -0.05) is 22.0 Å². The first-order valence-corrected chi connectivity index (χ1v) is 8.25. The van der Waals surface area contributed by atoms with Gasteiger partial charge in [0.05, 0.1) is 5.69 Å². The molecule has 1 aromatic rings. The van der Waals surface area contributed by atoms with Crippen LogP contribution < -0.4 is 10.0 Å². The first kappa shape index (κ1) is 16.4. The Morgan fingerprint density at radius 1 is 1.37 bits per heavy atom. The Bertz CT molecular complexity index is 520. The van der Waals surface area contributed by atoms with Crippen LogP contribution in [0.1, 0.15) is 12.0 Å². The molecule has 0 saturated heterocycles. The van der Waals surface area contributed by atoms with Crippen molar-refractivity contribution in [1.82, 2.24) is 9.62 Å². The summed E-state index contributed by atoms with van der Waals surface area (Å²) in [6.45, 7) is 3.21. The number of hydrogen-bond donors (Lipinski definition) is 2. The molecule has 0 amide bonds. The summed E-state index contributed by atoms with van der Waals surface area (Å²) < 4.78 is 28.9. The van der Waals surface area contributed by atoms with E-state index in [9.17, 15) is 8.42 Å². The van der Waals surface area contributed by atoms with Crippen LogP contribution in [0.25, 0.3) is 0 Å². The van der Waals surface area contributed by atoms with Crippen molar-refractivity contribution in [3.63, 3.8) is 0 Å². The predicted octanol–water partition coefficient (Wildman–Crippen LogP) is 1.96. The normalized spacial score (nSPS) is 11.8. The molecule has 0 aromatic heterocycles. The Labute approximate surface area is 123 Å². The molecule has 0 aliphatic rings. The lowest BCUT2D eigenvalue weighted by Crippen LogP contribution is -2.34. The van der Waals surface area contributed by atoms with Crippen molar-refractivity contribution in [3.8, 4) is 0 Å². The van der Waals surface area contributed by atoms with Crippen molar-refractivity contribution in [2.45, 2.75) is 13.3 Å². The molecule has 1 rings (SSSR count). The molecule has 5 nitrogen and oxygen atoms in total. The third kappa shape index (κ3) is 5.10. The Balaban J connectivity index is 2.70. The summed E-state index contributed by atoms with van der Waals surface area (Å²) in [5, 5.41) is 2.99. The van der Waals surface area contributed by atoms with Crippen molar-refractivity contribution in [2.75, 3.05) is 31.9 Å². The van der Waals surface area contributed by atoms with Gasteiger partial charge in [0.1, 0.15) is 0 Å². The third-order valence-corrected chi connectivity index (χ3v) is 5.08. The lowest BCUT2D eigenvalue weighted by atomic mass is 10.2. The molecule has 0 fully saturated rings. The summed E-state index contributed by atoms with van der Waals surface area (Å²) in [5.74, 6) is 0. The summed E-state index contributed by atoms with van der Waals surface area (Å²) in [4.78, 5) is 0. The van der Waals surface area contributed by atoms with Gasteiger partial charge in [-0.25, -0.2) is 0 Å². The van der Waals surface area contributed by atoms with Crippen LogP contribution in [0.4, 0.5) is 5.69 Å². The van der Waals surface area contributed by atoms with Gasteiger partial charge < -0.3 is 5.32 Å². The number of halogens is 1. The van der Waals surface area contributed by atoms with Crippen LogP contribution in [0, 0.1) is 6.92 Å². The van der Waals surface area contributed by atoms with Gasteiger partial charge in [-0.15, -0.1) is 0 Å². The van der Waals surface area contributed by atoms with Crippen molar-refractivity contribution < 1.29 is 8.42 Å². The highest BCUT2D eigenvalue weighted by atomic mass is 79.9. The summed E-state index contributed by atoms with van der Waals surface area (Å²) in [5.41, 5.74) is 1.61. The monoisotopic (exact) mass is 349 g/mol. The zero-order valence-corrected chi connectivity index (χ0v) is 13.8. The van der Waals surface area contributed by atoms with Crippen molar-refractivity contribution in [3.05, 3.63) is 28.2 Å². The van der Waals surface area contributed by atoms with Crippen LogP contribution in [-0.2, 0) is 10.2 Å². The van der Waals surface area contributed by atoms with E-state index in [1.807, 2.05) is 20.0 Å². The number of rotatable bonds is 7. The van der Waals surface area contributed by atoms with Crippen LogP contribution >= 0.6 is 15.9 Å². The first-order chi connectivity index (χ1) is 8.86. The molecule has 0 unspecified atom stereocenters. The Hall–Kier alpha value is -0.630. The Morgan fingerprint density at radius 3 is 2.63 bits per heavy atom. The molecule has 19 heavy (non-hydrogen) atoms. The fourth-order valence-corrected chi connectivity index (χ4v) is 2.81. The van der Waals surface area contributed by atoms with Gasteiger partial charge in [0.25, 0.3) is 0 Å². The van der Waals surface area contributed by atoms with E-state index in [-0.39, 0.29) is 0 Å². The maximum Gasteiger partial charge on any atom is 0.301 e. The molecule has 1 aromatic carbocycles. The number of nitrogens with zero attached hydrogens (tertiary/aromatic N) is 1. The average Bonchev–Trinajstić information content (AvgIpc) is 2.33. The molecule has 108 valence electrons. The van der Waals surface area contributed by atoms with Crippen LogP contribution in [0.3, 0.4) is 0 Å². The molecule has 0 bridgehead atoms. The zero-order chi connectivity index (χ0) is 14.5. The van der Waals surface area contributed by atoms with Gasteiger partial charge in [0, 0.05) is 18.1 Å². The van der Waals surface area contributed by atoms with E-state index in [4.69, 9.17) is 0 Å². The van der Waals surface area contributed by atoms with Gasteiger partial charge >= 0.3 is 10.2 Å². The minimum Gasteiger partial charge on any atom is -0.320 e. The van der Waals surface area contributed by atoms with Crippen molar-refractivity contribution in [1.29, 1.82) is 0 Å². The summed E-state index contributed by atoms with van der Waals surface area (Å²) >= 11 is 3.39. The molecule has 7 heteroatoms. The standard InChI is InChI=1S/C12H20BrN3O2S/c1-10-5-6-11(9-12(10)13)15-19(17,18)16(3)8-4-7-14-2/h5-6,9,14-15H,4,7-8H2,1-3H3. The predicted molar refractivity (Wildman–Crippen MR) is 82.6 cm³/mol. The summed E-state index contributed by atoms with van der Waals surface area (Å²) in [7, 11) is -0.0742. The molecule has 0 spiro atoms. The second kappa shape index (κ2) is 7.23. The largest absolute Gasteiger partial charge is 0.320 e. The van der Waals surface area contributed by atoms with Gasteiger partial charge in [0.2, 0.25) is 0 Å². The minimum absolute atomic E-state index is 0.475. The number of hydrogen-bond acceptors (Lipinski definition) is 3. The van der Waals surface area contributed by atoms with E-state index in [0.29, 0.717) is 12.2 Å². The fourth-order valence-electron chi connectivity index (χ4n) is 1.48. The van der Waals surface area contributed by atoms with Gasteiger partial charge in [-0.2, -0.15) is 12.7 Å². The molecular formula is C12H20BrN3O2S. The highest BCUT2D eigenvalue weighted by Gasteiger charge is 2.17. The first-order valence-electron chi connectivity index (χ1n) is 6.01. The van der Waals surface area contributed by atoms with Crippen LogP contribution in [0.5, 0.6) is 0 Å². The quantitative estimate of drug-likeness (QED) is 0.739. The number of benzene rings is 1. The van der Waals surface area contributed by atoms with Crippen LogP contribution in [-0.4, -0.2) is 39.9 Å². The van der Waals surface area contributed by atoms with Crippen LogP contribution in [0.15, 0.2) is 22.7 Å². The maximum atomic E-state index is 12.1. The smallest absolute Gasteiger partial charge is 0.301 e. The van der Waals surface area contributed by atoms with Gasteiger partial charge in [-0.05, 0) is 44.6 Å². The molecule has 0 heterocycles. The van der Waals surface area contributed by atoms with Crippen molar-refractivity contribution in [2.24, 2.45) is 0 Å². The molecule has 0 aliphatic carbocycles. The Morgan fingerprint density at radius 2 is 2.05 bits per heavy atom. The lowest BCUT2D eigenvalue weighted by Gasteiger charge is -2.18. The van der Waals surface area contributed by atoms with E-state index in [0.717, 1.165) is 23.0 Å². The van der Waals surface area contributed by atoms with Gasteiger partial charge in [0.15, 0.2) is 0 Å². The highest BCUT2D eigenvalue weighted by Crippen LogP contribution is 2.21. The van der Waals surface area contributed by atoms with E-state index in [1.54, 1.807) is 19.2 Å². The van der Waals surface area contributed by atoms with Crippen LogP contribution in [0.2, 0.25) is 0 Å². The molecule has 0 atom stereocenters.